The van der Waals surface area contributed by atoms with Crippen molar-refractivity contribution in [3.8, 4) is 0 Å². The Morgan fingerprint density at radius 3 is 2.50 bits per heavy atom. The molecule has 0 fully saturated rings. The maximum Gasteiger partial charge on any atom is 0.339 e. The van der Waals surface area contributed by atoms with Gasteiger partial charge in [-0.25, -0.2) is 4.79 Å². The highest BCUT2D eigenvalue weighted by atomic mass is 16.5. The van der Waals surface area contributed by atoms with Crippen molar-refractivity contribution in [2.45, 2.75) is 71.8 Å². The van der Waals surface area contributed by atoms with Gasteiger partial charge in [0, 0.05) is 17.2 Å². The number of carbonyl (C=O) groups is 2. The molecule has 1 amide bonds. The Bertz CT molecular complexity index is 576. The Labute approximate surface area is 145 Å². The first-order valence-electron chi connectivity index (χ1n) is 9.26. The molecule has 4 nitrogen and oxygen atoms in total. The Balaban J connectivity index is 2.09. The highest BCUT2D eigenvalue weighted by molar-refractivity contribution is 5.98. The molecule has 0 spiro atoms. The first-order chi connectivity index (χ1) is 11.6. The smallest absolute Gasteiger partial charge is 0.339 e. The monoisotopic (exact) mass is 331 g/mol. The number of cyclic esters (lactones) is 1. The molecule has 0 saturated heterocycles. The second kappa shape index (κ2) is 8.86. The maximum absolute atomic E-state index is 12.5. The second-order valence-corrected chi connectivity index (χ2v) is 6.60. The van der Waals surface area contributed by atoms with Gasteiger partial charge >= 0.3 is 5.97 Å². The summed E-state index contributed by atoms with van der Waals surface area (Å²) in [6.07, 6.45) is 6.61. The normalized spacial score (nSPS) is 16.2. The van der Waals surface area contributed by atoms with E-state index in [0.29, 0.717) is 11.3 Å². The van der Waals surface area contributed by atoms with E-state index in [1.807, 2.05) is 12.1 Å². The molecule has 0 bridgehead atoms. The van der Waals surface area contributed by atoms with E-state index >= 15 is 0 Å². The second-order valence-electron chi connectivity index (χ2n) is 6.60. The van der Waals surface area contributed by atoms with Crippen LogP contribution in [0.15, 0.2) is 18.2 Å². The van der Waals surface area contributed by atoms with Crippen LogP contribution in [-0.2, 0) is 9.53 Å². The van der Waals surface area contributed by atoms with E-state index in [1.165, 1.54) is 0 Å². The van der Waals surface area contributed by atoms with Gasteiger partial charge in [0.2, 0.25) is 5.91 Å². The van der Waals surface area contributed by atoms with Crippen LogP contribution in [0.4, 0.5) is 5.69 Å². The minimum Gasteiger partial charge on any atom is -0.454 e. The maximum atomic E-state index is 12.5. The molecule has 132 valence electrons. The van der Waals surface area contributed by atoms with Crippen LogP contribution < -0.4 is 5.32 Å². The number of benzene rings is 1. The van der Waals surface area contributed by atoms with Gasteiger partial charge in [0.05, 0.1) is 5.56 Å². The number of anilines is 1. The zero-order valence-electron chi connectivity index (χ0n) is 15.1. The largest absolute Gasteiger partial charge is 0.454 e. The zero-order valence-corrected chi connectivity index (χ0v) is 15.1. The molecular weight excluding hydrogens is 302 g/mol. The first-order valence-corrected chi connectivity index (χ1v) is 9.26. The van der Waals surface area contributed by atoms with Gasteiger partial charge in [-0.05, 0) is 37.8 Å². The summed E-state index contributed by atoms with van der Waals surface area (Å²) < 4.78 is 5.47. The minimum atomic E-state index is -0.277. The predicted molar refractivity (Wildman–Crippen MR) is 96.1 cm³/mol. The molecule has 1 unspecified atom stereocenters. The van der Waals surface area contributed by atoms with Crippen molar-refractivity contribution >= 4 is 17.6 Å². The topological polar surface area (TPSA) is 55.4 Å². The Hall–Kier alpha value is -1.84. The SMILES string of the molecule is CCCCC1OC(=O)c2cc(NC(=O)C(CCC)CCC)ccc21. The van der Waals surface area contributed by atoms with Crippen LogP contribution in [-0.4, -0.2) is 11.9 Å². The summed E-state index contributed by atoms with van der Waals surface area (Å²) >= 11 is 0. The number of carbonyl (C=O) groups excluding carboxylic acids is 2. The predicted octanol–water partition coefficient (Wildman–Crippen LogP) is 5.24. The number of hydrogen-bond acceptors (Lipinski definition) is 3. The van der Waals surface area contributed by atoms with Gasteiger partial charge in [-0.2, -0.15) is 0 Å². The summed E-state index contributed by atoms with van der Waals surface area (Å²) in [6, 6.07) is 5.56. The zero-order chi connectivity index (χ0) is 17.5. The van der Waals surface area contributed by atoms with Gasteiger partial charge in [-0.1, -0.05) is 46.1 Å². The van der Waals surface area contributed by atoms with Crippen LogP contribution in [0.25, 0.3) is 0 Å². The van der Waals surface area contributed by atoms with Gasteiger partial charge in [0.15, 0.2) is 0 Å². The molecule has 0 saturated carbocycles. The lowest BCUT2D eigenvalue weighted by molar-refractivity contribution is -0.120. The molecule has 0 radical (unpaired) electrons. The van der Waals surface area contributed by atoms with E-state index in [2.05, 4.69) is 26.1 Å². The lowest BCUT2D eigenvalue weighted by Crippen LogP contribution is -2.22. The van der Waals surface area contributed by atoms with Gasteiger partial charge < -0.3 is 10.1 Å². The standard InChI is InChI=1S/C20H29NO3/c1-4-7-10-18-16-12-11-15(13-17(16)20(23)24-18)21-19(22)14(8-5-2)9-6-3/h11-14,18H,4-10H2,1-3H3,(H,21,22). The minimum absolute atomic E-state index is 0.0394. The van der Waals surface area contributed by atoms with Crippen LogP contribution in [0.5, 0.6) is 0 Å². The lowest BCUT2D eigenvalue weighted by Gasteiger charge is -2.15. The van der Waals surface area contributed by atoms with Crippen molar-refractivity contribution in [1.29, 1.82) is 0 Å². The van der Waals surface area contributed by atoms with E-state index in [1.54, 1.807) is 6.07 Å². The average molecular weight is 331 g/mol. The molecular formula is C20H29NO3. The van der Waals surface area contributed by atoms with Gasteiger partial charge in [-0.15, -0.1) is 0 Å². The van der Waals surface area contributed by atoms with Gasteiger partial charge in [-0.3, -0.25) is 4.79 Å². The first kappa shape index (κ1) is 18.5. The van der Waals surface area contributed by atoms with Gasteiger partial charge in [0.1, 0.15) is 6.10 Å². The molecule has 2 rings (SSSR count). The van der Waals surface area contributed by atoms with Crippen molar-refractivity contribution in [3.05, 3.63) is 29.3 Å². The van der Waals surface area contributed by atoms with Crippen LogP contribution in [0.3, 0.4) is 0 Å². The third kappa shape index (κ3) is 4.37. The van der Waals surface area contributed by atoms with Crippen molar-refractivity contribution < 1.29 is 14.3 Å². The third-order valence-corrected chi connectivity index (χ3v) is 4.60. The van der Waals surface area contributed by atoms with Crippen LogP contribution in [0.2, 0.25) is 0 Å². The number of ether oxygens (including phenoxy) is 1. The van der Waals surface area contributed by atoms with Crippen molar-refractivity contribution in [1.82, 2.24) is 0 Å². The van der Waals surface area contributed by atoms with E-state index in [9.17, 15) is 9.59 Å². The summed E-state index contributed by atoms with van der Waals surface area (Å²) in [5.41, 5.74) is 2.23. The number of unbranched alkanes of at least 4 members (excludes halogenated alkanes) is 1. The van der Waals surface area contributed by atoms with Crippen LogP contribution in [0.1, 0.15) is 87.7 Å². The summed E-state index contributed by atoms with van der Waals surface area (Å²) in [4.78, 5) is 24.5. The van der Waals surface area contributed by atoms with E-state index < -0.39 is 0 Å². The average Bonchev–Trinajstić information content (AvgIpc) is 2.88. The highest BCUT2D eigenvalue weighted by Gasteiger charge is 2.30. The van der Waals surface area contributed by atoms with Crippen molar-refractivity contribution in [2.75, 3.05) is 5.32 Å². The van der Waals surface area contributed by atoms with E-state index in [4.69, 9.17) is 4.74 Å². The number of esters is 1. The molecule has 1 heterocycles. The quantitative estimate of drug-likeness (QED) is 0.629. The molecule has 24 heavy (non-hydrogen) atoms. The number of hydrogen-bond donors (Lipinski definition) is 1. The fourth-order valence-electron chi connectivity index (χ4n) is 3.30. The number of nitrogens with one attached hydrogen (secondary N) is 1. The molecule has 4 heteroatoms. The number of amides is 1. The molecule has 1 aliphatic heterocycles. The summed E-state index contributed by atoms with van der Waals surface area (Å²) in [5, 5.41) is 2.97. The van der Waals surface area contributed by atoms with Crippen LogP contribution in [0, 0.1) is 5.92 Å². The number of rotatable bonds is 9. The number of fused-ring (bicyclic) bond motifs is 1. The fourth-order valence-corrected chi connectivity index (χ4v) is 3.30. The molecule has 0 aliphatic carbocycles. The van der Waals surface area contributed by atoms with Crippen molar-refractivity contribution in [3.63, 3.8) is 0 Å². The summed E-state index contributed by atoms with van der Waals surface area (Å²) in [6.45, 7) is 6.31. The summed E-state index contributed by atoms with van der Waals surface area (Å²) in [7, 11) is 0. The molecule has 1 atom stereocenters. The lowest BCUT2D eigenvalue weighted by atomic mass is 9.97. The Morgan fingerprint density at radius 2 is 1.88 bits per heavy atom. The van der Waals surface area contributed by atoms with E-state index in [0.717, 1.165) is 50.5 Å². The van der Waals surface area contributed by atoms with E-state index in [-0.39, 0.29) is 23.9 Å². The van der Waals surface area contributed by atoms with Crippen molar-refractivity contribution in [2.24, 2.45) is 5.92 Å². The van der Waals surface area contributed by atoms with Gasteiger partial charge in [0.25, 0.3) is 0 Å². The Kier molecular flexibility index (Phi) is 6.83. The third-order valence-electron chi connectivity index (χ3n) is 4.60. The Morgan fingerprint density at radius 1 is 1.17 bits per heavy atom. The molecule has 1 aliphatic rings. The van der Waals surface area contributed by atoms with Crippen LogP contribution >= 0.6 is 0 Å². The highest BCUT2D eigenvalue weighted by Crippen LogP contribution is 2.35. The summed E-state index contributed by atoms with van der Waals surface area (Å²) in [5.74, 6) is -0.189. The molecule has 1 aromatic rings. The molecule has 1 aromatic carbocycles. The molecule has 0 aromatic heterocycles. The fraction of sp³-hybridized carbons (Fsp3) is 0.600. The molecule has 1 N–H and O–H groups in total.